The lowest BCUT2D eigenvalue weighted by molar-refractivity contribution is 0.574. The molecule has 0 saturated heterocycles. The Morgan fingerprint density at radius 2 is 1.61 bits per heavy atom. The van der Waals surface area contributed by atoms with Gasteiger partial charge in [0.2, 0.25) is 0 Å². The third-order valence-corrected chi connectivity index (χ3v) is 3.71. The van der Waals surface area contributed by atoms with Crippen LogP contribution >= 0.6 is 0 Å². The van der Waals surface area contributed by atoms with Crippen molar-refractivity contribution in [1.29, 1.82) is 0 Å². The zero-order chi connectivity index (χ0) is 13.5. The molecule has 0 heterocycles. The normalized spacial score (nSPS) is 12.4. The summed E-state index contributed by atoms with van der Waals surface area (Å²) in [7, 11) is 0. The minimum Gasteiger partial charge on any atom is -0.0616 e. The Labute approximate surface area is 111 Å². The number of fused-ring (bicyclic) bond motifs is 1. The third kappa shape index (κ3) is 2.16. The first-order chi connectivity index (χ1) is 8.32. The van der Waals surface area contributed by atoms with Gasteiger partial charge in [0.1, 0.15) is 0 Å². The molecule has 0 spiro atoms. The monoisotopic (exact) mass is 240 g/mol. The molecule has 0 aliphatic rings. The van der Waals surface area contributed by atoms with Crippen molar-refractivity contribution in [3.8, 4) is 0 Å². The molecule has 0 bridgehead atoms. The Morgan fingerprint density at radius 3 is 2.17 bits per heavy atom. The second-order valence-electron chi connectivity index (χ2n) is 6.59. The van der Waals surface area contributed by atoms with Crippen molar-refractivity contribution in [2.75, 3.05) is 0 Å². The van der Waals surface area contributed by atoms with Crippen LogP contribution in [0, 0.1) is 6.92 Å². The average Bonchev–Trinajstić information content (AvgIpc) is 2.27. The molecule has 0 radical (unpaired) electrons. The number of hydrogen-bond donors (Lipinski definition) is 0. The van der Waals surface area contributed by atoms with E-state index in [1.54, 1.807) is 0 Å². The molecule has 0 unspecified atom stereocenters. The molecule has 2 rings (SSSR count). The van der Waals surface area contributed by atoms with Gasteiger partial charge in [0.05, 0.1) is 0 Å². The molecule has 2 aromatic carbocycles. The molecule has 0 aromatic heterocycles. The molecule has 0 amide bonds. The maximum absolute atomic E-state index is 2.38. The van der Waals surface area contributed by atoms with E-state index in [4.69, 9.17) is 0 Å². The zero-order valence-corrected chi connectivity index (χ0v) is 12.5. The van der Waals surface area contributed by atoms with Crippen LogP contribution in [-0.2, 0) is 5.41 Å². The van der Waals surface area contributed by atoms with Gasteiger partial charge in [-0.1, -0.05) is 65.0 Å². The van der Waals surface area contributed by atoms with Crippen LogP contribution in [0.25, 0.3) is 10.8 Å². The quantitative estimate of drug-likeness (QED) is 0.611. The van der Waals surface area contributed by atoms with Crippen LogP contribution in [0.15, 0.2) is 30.3 Å². The average molecular weight is 240 g/mol. The summed E-state index contributed by atoms with van der Waals surface area (Å²) in [5, 5.41) is 2.76. The molecule has 0 N–H and O–H groups in total. The van der Waals surface area contributed by atoms with Crippen LogP contribution in [-0.4, -0.2) is 0 Å². The van der Waals surface area contributed by atoms with E-state index in [0.717, 1.165) is 0 Å². The van der Waals surface area contributed by atoms with Crippen LogP contribution < -0.4 is 0 Å². The maximum atomic E-state index is 2.38. The van der Waals surface area contributed by atoms with Gasteiger partial charge in [0.25, 0.3) is 0 Å². The van der Waals surface area contributed by atoms with Crippen molar-refractivity contribution in [1.82, 2.24) is 0 Å². The standard InChI is InChI=1S/C18H24/c1-12(2)16-11-14-9-7-8-10-15(14)13(3)17(16)18(4,5)6/h7-12H,1-6H3. The van der Waals surface area contributed by atoms with Crippen LogP contribution in [0.4, 0.5) is 0 Å². The predicted octanol–water partition coefficient (Wildman–Crippen LogP) is 5.57. The smallest absolute Gasteiger partial charge is 0.0126 e. The van der Waals surface area contributed by atoms with Crippen molar-refractivity contribution in [3.63, 3.8) is 0 Å². The SMILES string of the molecule is Cc1c(C(C)(C)C)c(C(C)C)cc2ccccc12. The van der Waals surface area contributed by atoms with Crippen molar-refractivity contribution in [2.24, 2.45) is 0 Å². The highest BCUT2D eigenvalue weighted by atomic mass is 14.3. The molecule has 18 heavy (non-hydrogen) atoms. The second-order valence-corrected chi connectivity index (χ2v) is 6.59. The Hall–Kier alpha value is -1.30. The lowest BCUT2D eigenvalue weighted by atomic mass is 9.76. The molecule has 0 atom stereocenters. The van der Waals surface area contributed by atoms with Gasteiger partial charge in [0.15, 0.2) is 0 Å². The largest absolute Gasteiger partial charge is 0.0616 e. The molecule has 96 valence electrons. The summed E-state index contributed by atoms with van der Waals surface area (Å²) in [6.07, 6.45) is 0. The van der Waals surface area contributed by atoms with Crippen molar-refractivity contribution in [3.05, 3.63) is 47.0 Å². The van der Waals surface area contributed by atoms with Crippen LogP contribution in [0.5, 0.6) is 0 Å². The van der Waals surface area contributed by atoms with E-state index < -0.39 is 0 Å². The molecular formula is C18H24. The predicted molar refractivity (Wildman–Crippen MR) is 81.5 cm³/mol. The summed E-state index contributed by atoms with van der Waals surface area (Å²) >= 11 is 0. The molecule has 0 aliphatic carbocycles. The molecule has 0 nitrogen and oxygen atoms in total. The fourth-order valence-electron chi connectivity index (χ4n) is 3.01. The number of aryl methyl sites for hydroxylation is 1. The van der Waals surface area contributed by atoms with Crippen molar-refractivity contribution >= 4 is 10.8 Å². The summed E-state index contributed by atoms with van der Waals surface area (Å²) in [5.41, 5.74) is 4.67. The molecule has 2 aromatic rings. The summed E-state index contributed by atoms with van der Waals surface area (Å²) < 4.78 is 0. The topological polar surface area (TPSA) is 0 Å². The van der Waals surface area contributed by atoms with E-state index in [0.29, 0.717) is 5.92 Å². The van der Waals surface area contributed by atoms with E-state index in [-0.39, 0.29) is 5.41 Å². The number of hydrogen-bond acceptors (Lipinski definition) is 0. The van der Waals surface area contributed by atoms with Gasteiger partial charge in [-0.05, 0) is 45.7 Å². The minimum absolute atomic E-state index is 0.202. The first-order valence-corrected chi connectivity index (χ1v) is 6.85. The van der Waals surface area contributed by atoms with Gasteiger partial charge in [-0.3, -0.25) is 0 Å². The lowest BCUT2D eigenvalue weighted by Gasteiger charge is -2.28. The maximum Gasteiger partial charge on any atom is -0.0126 e. The summed E-state index contributed by atoms with van der Waals surface area (Å²) in [6.45, 7) is 13.8. The van der Waals surface area contributed by atoms with E-state index in [1.165, 1.54) is 27.5 Å². The summed E-state index contributed by atoms with van der Waals surface area (Å²) in [4.78, 5) is 0. The van der Waals surface area contributed by atoms with Gasteiger partial charge in [-0.25, -0.2) is 0 Å². The third-order valence-electron chi connectivity index (χ3n) is 3.71. The highest BCUT2D eigenvalue weighted by Gasteiger charge is 2.23. The van der Waals surface area contributed by atoms with Crippen LogP contribution in [0.3, 0.4) is 0 Å². The fourth-order valence-corrected chi connectivity index (χ4v) is 3.01. The van der Waals surface area contributed by atoms with Gasteiger partial charge in [-0.15, -0.1) is 0 Å². The van der Waals surface area contributed by atoms with Crippen LogP contribution in [0.1, 0.15) is 57.2 Å². The Bertz CT molecular complexity index is 568. The Morgan fingerprint density at radius 1 is 1.00 bits per heavy atom. The van der Waals surface area contributed by atoms with Crippen molar-refractivity contribution < 1.29 is 0 Å². The van der Waals surface area contributed by atoms with Crippen molar-refractivity contribution in [2.45, 2.75) is 52.9 Å². The molecular weight excluding hydrogens is 216 g/mol. The van der Waals surface area contributed by atoms with E-state index in [2.05, 4.69) is 71.9 Å². The van der Waals surface area contributed by atoms with E-state index in [9.17, 15) is 0 Å². The van der Waals surface area contributed by atoms with Gasteiger partial charge in [0, 0.05) is 0 Å². The summed E-state index contributed by atoms with van der Waals surface area (Å²) in [6, 6.07) is 11.1. The van der Waals surface area contributed by atoms with Gasteiger partial charge in [-0.2, -0.15) is 0 Å². The highest BCUT2D eigenvalue weighted by Crippen LogP contribution is 2.37. The highest BCUT2D eigenvalue weighted by molar-refractivity contribution is 5.88. The molecule has 0 aliphatic heterocycles. The first kappa shape index (κ1) is 13.1. The zero-order valence-electron chi connectivity index (χ0n) is 12.5. The molecule has 0 heteroatoms. The fraction of sp³-hybridized carbons (Fsp3) is 0.444. The molecule has 0 saturated carbocycles. The second kappa shape index (κ2) is 4.42. The summed E-state index contributed by atoms with van der Waals surface area (Å²) in [5.74, 6) is 0.572. The van der Waals surface area contributed by atoms with Crippen LogP contribution in [0.2, 0.25) is 0 Å². The Kier molecular flexibility index (Phi) is 3.23. The van der Waals surface area contributed by atoms with E-state index >= 15 is 0 Å². The Balaban J connectivity index is 2.89. The first-order valence-electron chi connectivity index (χ1n) is 6.85. The lowest BCUT2D eigenvalue weighted by Crippen LogP contribution is -2.17. The molecule has 0 fully saturated rings. The van der Waals surface area contributed by atoms with Gasteiger partial charge >= 0.3 is 0 Å². The minimum atomic E-state index is 0.202. The van der Waals surface area contributed by atoms with E-state index in [1.807, 2.05) is 0 Å². The number of benzene rings is 2. The number of rotatable bonds is 1. The van der Waals surface area contributed by atoms with Gasteiger partial charge < -0.3 is 0 Å².